The van der Waals surface area contributed by atoms with E-state index in [9.17, 15) is 4.57 Å². The second kappa shape index (κ2) is 10.0. The van der Waals surface area contributed by atoms with E-state index in [4.69, 9.17) is 20.6 Å². The molecule has 0 aliphatic rings. The van der Waals surface area contributed by atoms with Crippen molar-refractivity contribution >= 4 is 35.7 Å². The molecular formula is C21H25ClN3O3PS. The number of anilines is 1. The Labute approximate surface area is 186 Å². The average Bonchev–Trinajstić information content (AvgIpc) is 3.15. The van der Waals surface area contributed by atoms with Crippen molar-refractivity contribution in [2.75, 3.05) is 18.5 Å². The zero-order valence-electron chi connectivity index (χ0n) is 17.4. The van der Waals surface area contributed by atoms with Gasteiger partial charge in [0.25, 0.3) is 0 Å². The van der Waals surface area contributed by atoms with Crippen LogP contribution in [0.3, 0.4) is 0 Å². The predicted octanol–water partition coefficient (Wildman–Crippen LogP) is 6.85. The molecule has 1 aromatic heterocycles. The molecule has 9 heteroatoms. The first kappa shape index (κ1) is 22.9. The average molecular weight is 466 g/mol. The summed E-state index contributed by atoms with van der Waals surface area (Å²) >= 11 is 7.43. The summed E-state index contributed by atoms with van der Waals surface area (Å²) < 4.78 is 24.8. The fourth-order valence-electron chi connectivity index (χ4n) is 3.15. The van der Waals surface area contributed by atoms with Gasteiger partial charge in [0.15, 0.2) is 5.78 Å². The van der Waals surface area contributed by atoms with Gasteiger partial charge < -0.3 is 14.4 Å². The number of halogens is 1. The highest BCUT2D eigenvalue weighted by Crippen LogP contribution is 2.61. The second-order valence-corrected chi connectivity index (χ2v) is 10.3. The highest BCUT2D eigenvalue weighted by molar-refractivity contribution is 7.54. The number of nitrogens with one attached hydrogen (secondary N) is 1. The number of nitrogens with zero attached hydrogens (tertiary/aromatic N) is 2. The first-order valence-electron chi connectivity index (χ1n) is 9.67. The van der Waals surface area contributed by atoms with Gasteiger partial charge in [-0.2, -0.15) is 0 Å². The largest absolute Gasteiger partial charge is 0.357 e. The fraction of sp³-hybridized carbons (Fsp3) is 0.333. The van der Waals surface area contributed by atoms with E-state index < -0.39 is 13.4 Å². The maximum absolute atomic E-state index is 13.6. The van der Waals surface area contributed by atoms with Crippen LogP contribution in [-0.4, -0.2) is 23.4 Å². The van der Waals surface area contributed by atoms with E-state index >= 15 is 0 Å². The summed E-state index contributed by atoms with van der Waals surface area (Å²) in [6.07, 6.45) is 0. The van der Waals surface area contributed by atoms with Crippen molar-refractivity contribution < 1.29 is 13.6 Å². The molecule has 0 aliphatic heterocycles. The first-order valence-corrected chi connectivity index (χ1v) is 12.5. The molecule has 0 radical (unpaired) electrons. The summed E-state index contributed by atoms with van der Waals surface area (Å²) in [5.74, 6) is -0.741. The van der Waals surface area contributed by atoms with E-state index in [1.165, 1.54) is 11.3 Å². The van der Waals surface area contributed by atoms with Crippen molar-refractivity contribution in [3.63, 3.8) is 0 Å². The van der Waals surface area contributed by atoms with Crippen molar-refractivity contribution in [2.24, 2.45) is 0 Å². The van der Waals surface area contributed by atoms with E-state index in [0.29, 0.717) is 10.2 Å². The quantitative estimate of drug-likeness (QED) is 0.348. The van der Waals surface area contributed by atoms with E-state index in [1.54, 1.807) is 38.1 Å². The summed E-state index contributed by atoms with van der Waals surface area (Å²) in [6.45, 7) is 8.18. The molecule has 0 fully saturated rings. The summed E-state index contributed by atoms with van der Waals surface area (Å²) in [4.78, 5) is 0. The van der Waals surface area contributed by atoms with Crippen molar-refractivity contribution in [1.29, 1.82) is 0 Å². The Morgan fingerprint density at radius 2 is 1.63 bits per heavy atom. The molecule has 0 amide bonds. The van der Waals surface area contributed by atoms with Gasteiger partial charge in [-0.05, 0) is 57.5 Å². The minimum atomic E-state index is -3.53. The monoisotopic (exact) mass is 465 g/mol. The Balaban J connectivity index is 1.96. The summed E-state index contributed by atoms with van der Waals surface area (Å²) in [5.41, 5.74) is 4.04. The molecule has 0 saturated heterocycles. The standard InChI is InChI=1S/C21H25ClN3O3PS/c1-5-27-29(26,28-6-2)19(16-7-9-18(22)10-8-16)23-21-25-24-20(30-21)17-12-14(3)11-15(4)13-17/h7-13,19H,5-6H2,1-4H3,(H,23,25). The van der Waals surface area contributed by atoms with Gasteiger partial charge in [-0.3, -0.25) is 4.57 Å². The molecule has 1 N–H and O–H groups in total. The van der Waals surface area contributed by atoms with Gasteiger partial charge in [-0.25, -0.2) is 0 Å². The Morgan fingerprint density at radius 1 is 1.03 bits per heavy atom. The molecule has 2 aromatic carbocycles. The lowest BCUT2D eigenvalue weighted by atomic mass is 10.1. The zero-order valence-corrected chi connectivity index (χ0v) is 19.9. The molecule has 0 aliphatic carbocycles. The minimum absolute atomic E-state index is 0.257. The molecule has 0 saturated carbocycles. The van der Waals surface area contributed by atoms with E-state index in [2.05, 4.69) is 33.7 Å². The maximum atomic E-state index is 13.6. The van der Waals surface area contributed by atoms with Crippen LogP contribution in [0, 0.1) is 13.8 Å². The first-order chi connectivity index (χ1) is 14.3. The molecular weight excluding hydrogens is 441 g/mol. The third-order valence-corrected chi connectivity index (χ3v) is 7.73. The lowest BCUT2D eigenvalue weighted by Gasteiger charge is -2.27. The lowest BCUT2D eigenvalue weighted by molar-refractivity contribution is 0.214. The van der Waals surface area contributed by atoms with Crippen LogP contribution in [0.15, 0.2) is 42.5 Å². The SMILES string of the molecule is CCOP(=O)(OCC)C(Nc1nnc(-c2cc(C)cc(C)c2)s1)c1ccc(Cl)cc1. The molecule has 1 atom stereocenters. The molecule has 3 aromatic rings. The minimum Gasteiger partial charge on any atom is -0.342 e. The number of benzene rings is 2. The van der Waals surface area contributed by atoms with Gasteiger partial charge in [0.05, 0.1) is 13.2 Å². The highest BCUT2D eigenvalue weighted by atomic mass is 35.5. The van der Waals surface area contributed by atoms with Crippen LogP contribution in [0.25, 0.3) is 10.6 Å². The van der Waals surface area contributed by atoms with Gasteiger partial charge in [0, 0.05) is 10.6 Å². The molecule has 3 rings (SSSR count). The Hall–Kier alpha value is -1.76. The summed E-state index contributed by atoms with van der Waals surface area (Å²) in [6, 6.07) is 13.3. The third kappa shape index (κ3) is 5.48. The van der Waals surface area contributed by atoms with Gasteiger partial charge in [-0.1, -0.05) is 52.3 Å². The molecule has 0 bridgehead atoms. The van der Waals surface area contributed by atoms with Crippen LogP contribution in [0.5, 0.6) is 0 Å². The summed E-state index contributed by atoms with van der Waals surface area (Å²) in [5, 5.41) is 13.7. The van der Waals surface area contributed by atoms with Crippen molar-refractivity contribution in [1.82, 2.24) is 10.2 Å². The number of hydrogen-bond acceptors (Lipinski definition) is 7. The highest BCUT2D eigenvalue weighted by Gasteiger charge is 2.37. The molecule has 0 spiro atoms. The van der Waals surface area contributed by atoms with Gasteiger partial charge in [0.2, 0.25) is 5.13 Å². The van der Waals surface area contributed by atoms with Gasteiger partial charge >= 0.3 is 7.60 Å². The van der Waals surface area contributed by atoms with Crippen molar-refractivity contribution in [3.05, 3.63) is 64.2 Å². The fourth-order valence-corrected chi connectivity index (χ4v) is 6.03. The van der Waals surface area contributed by atoms with Crippen LogP contribution in [0.1, 0.15) is 36.3 Å². The number of rotatable bonds is 9. The maximum Gasteiger partial charge on any atom is 0.357 e. The zero-order chi connectivity index (χ0) is 21.7. The van der Waals surface area contributed by atoms with Crippen LogP contribution >= 0.6 is 30.5 Å². The van der Waals surface area contributed by atoms with Gasteiger partial charge in [0.1, 0.15) is 5.01 Å². The summed E-state index contributed by atoms with van der Waals surface area (Å²) in [7, 11) is -3.53. The van der Waals surface area contributed by atoms with Gasteiger partial charge in [-0.15, -0.1) is 10.2 Å². The Bertz CT molecular complexity index is 1010. The molecule has 1 unspecified atom stereocenters. The third-order valence-electron chi connectivity index (χ3n) is 4.27. The second-order valence-electron chi connectivity index (χ2n) is 6.76. The number of hydrogen-bond donors (Lipinski definition) is 1. The normalized spacial score (nSPS) is 12.7. The van der Waals surface area contributed by atoms with Crippen molar-refractivity contribution in [2.45, 2.75) is 33.5 Å². The van der Waals surface area contributed by atoms with E-state index in [-0.39, 0.29) is 13.2 Å². The number of aryl methyl sites for hydroxylation is 2. The predicted molar refractivity (Wildman–Crippen MR) is 123 cm³/mol. The molecule has 160 valence electrons. The molecule has 6 nitrogen and oxygen atoms in total. The van der Waals surface area contributed by atoms with E-state index in [0.717, 1.165) is 27.3 Å². The van der Waals surface area contributed by atoms with E-state index in [1.807, 2.05) is 13.8 Å². The Kier molecular flexibility index (Phi) is 7.66. The Morgan fingerprint density at radius 3 is 2.20 bits per heavy atom. The van der Waals surface area contributed by atoms with Crippen molar-refractivity contribution in [3.8, 4) is 10.6 Å². The smallest absolute Gasteiger partial charge is 0.342 e. The molecule has 30 heavy (non-hydrogen) atoms. The molecule has 1 heterocycles. The lowest BCUT2D eigenvalue weighted by Crippen LogP contribution is -2.15. The van der Waals surface area contributed by atoms with Crippen LogP contribution in [0.4, 0.5) is 5.13 Å². The topological polar surface area (TPSA) is 73.3 Å². The number of aromatic nitrogens is 2. The van der Waals surface area contributed by atoms with Crippen LogP contribution < -0.4 is 5.32 Å². The van der Waals surface area contributed by atoms with Crippen LogP contribution in [-0.2, 0) is 13.6 Å². The van der Waals surface area contributed by atoms with Crippen LogP contribution in [0.2, 0.25) is 5.02 Å².